The Bertz CT molecular complexity index is 602. The van der Waals surface area contributed by atoms with Gasteiger partial charge < -0.3 is 9.80 Å². The van der Waals surface area contributed by atoms with E-state index in [4.69, 9.17) is 0 Å². The Hall–Kier alpha value is -2.37. The van der Waals surface area contributed by atoms with E-state index < -0.39 is 0 Å². The second kappa shape index (κ2) is 5.95. The highest BCUT2D eigenvalue weighted by molar-refractivity contribution is 5.79. The number of hydrogen-bond acceptors (Lipinski definition) is 4. The fourth-order valence-corrected chi connectivity index (χ4v) is 2.57. The zero-order chi connectivity index (χ0) is 14.7. The molecule has 0 unspecified atom stereocenters. The van der Waals surface area contributed by atoms with Crippen LogP contribution in [0.2, 0.25) is 0 Å². The summed E-state index contributed by atoms with van der Waals surface area (Å²) in [6.45, 7) is 3.22. The highest BCUT2D eigenvalue weighted by atomic mass is 16.2. The van der Waals surface area contributed by atoms with Crippen LogP contribution in [0.5, 0.6) is 0 Å². The largest absolute Gasteiger partial charge is 0.365 e. The maximum absolute atomic E-state index is 12.3. The highest BCUT2D eigenvalue weighted by Crippen LogP contribution is 2.15. The molecule has 6 nitrogen and oxygen atoms in total. The molecule has 110 valence electrons. The number of hydrogen-bond donors (Lipinski definition) is 0. The Balaban J connectivity index is 1.54. The lowest BCUT2D eigenvalue weighted by molar-refractivity contribution is -0.130. The number of rotatable bonds is 3. The molecular formula is C15H19N5O. The zero-order valence-corrected chi connectivity index (χ0v) is 12.1. The van der Waals surface area contributed by atoms with Gasteiger partial charge in [0.2, 0.25) is 5.91 Å². The van der Waals surface area contributed by atoms with Crippen molar-refractivity contribution in [2.45, 2.75) is 6.42 Å². The van der Waals surface area contributed by atoms with Crippen LogP contribution in [0.25, 0.3) is 0 Å². The summed E-state index contributed by atoms with van der Waals surface area (Å²) >= 11 is 0. The molecule has 3 rings (SSSR count). The van der Waals surface area contributed by atoms with Crippen molar-refractivity contribution in [1.82, 2.24) is 19.7 Å². The van der Waals surface area contributed by atoms with Gasteiger partial charge in [-0.05, 0) is 11.6 Å². The van der Waals surface area contributed by atoms with Crippen molar-refractivity contribution < 1.29 is 4.79 Å². The van der Waals surface area contributed by atoms with Crippen LogP contribution in [-0.4, -0.2) is 51.8 Å². The number of carbonyl (C=O) groups is 1. The lowest BCUT2D eigenvalue weighted by atomic mass is 10.2. The van der Waals surface area contributed by atoms with Gasteiger partial charge in [0.05, 0.1) is 18.3 Å². The predicted molar refractivity (Wildman–Crippen MR) is 79.9 cm³/mol. The van der Waals surface area contributed by atoms with Crippen molar-refractivity contribution in [3.8, 4) is 0 Å². The Morgan fingerprint density at radius 2 is 2.05 bits per heavy atom. The molecule has 0 radical (unpaired) electrons. The number of amides is 1. The van der Waals surface area contributed by atoms with E-state index in [1.165, 1.54) is 0 Å². The fraction of sp³-hybridized carbons (Fsp3) is 0.400. The van der Waals surface area contributed by atoms with Gasteiger partial charge in [0, 0.05) is 51.8 Å². The van der Waals surface area contributed by atoms with Crippen LogP contribution < -0.4 is 4.90 Å². The van der Waals surface area contributed by atoms with Crippen LogP contribution in [0.1, 0.15) is 5.56 Å². The van der Waals surface area contributed by atoms with Crippen molar-refractivity contribution in [3.63, 3.8) is 0 Å². The van der Waals surface area contributed by atoms with Crippen LogP contribution in [0.3, 0.4) is 0 Å². The third kappa shape index (κ3) is 3.21. The molecule has 3 heterocycles. The number of aromatic nitrogens is 3. The van der Waals surface area contributed by atoms with Gasteiger partial charge in [-0.1, -0.05) is 6.07 Å². The molecule has 1 aliphatic rings. The summed E-state index contributed by atoms with van der Waals surface area (Å²) in [5.74, 6) is 0.175. The van der Waals surface area contributed by atoms with E-state index in [9.17, 15) is 4.79 Å². The van der Waals surface area contributed by atoms with Gasteiger partial charge in [-0.2, -0.15) is 5.10 Å². The highest BCUT2D eigenvalue weighted by Gasteiger charge is 2.21. The van der Waals surface area contributed by atoms with Gasteiger partial charge >= 0.3 is 0 Å². The minimum Gasteiger partial charge on any atom is -0.365 e. The van der Waals surface area contributed by atoms with Crippen LogP contribution in [0.15, 0.2) is 36.9 Å². The fourth-order valence-electron chi connectivity index (χ4n) is 2.57. The standard InChI is InChI=1S/C15H19N5O/c1-18-12-14(11-17-18)19-5-7-20(8-6-19)15(21)9-13-3-2-4-16-10-13/h2-4,10-12H,5-9H2,1H3. The van der Waals surface area contributed by atoms with Crippen LogP contribution >= 0.6 is 0 Å². The van der Waals surface area contributed by atoms with Crippen LogP contribution in [0.4, 0.5) is 5.69 Å². The third-order valence-electron chi connectivity index (χ3n) is 3.77. The summed E-state index contributed by atoms with van der Waals surface area (Å²) in [7, 11) is 1.91. The second-order valence-corrected chi connectivity index (χ2v) is 5.28. The number of nitrogens with zero attached hydrogens (tertiary/aromatic N) is 5. The lowest BCUT2D eigenvalue weighted by Crippen LogP contribution is -2.49. The van der Waals surface area contributed by atoms with E-state index in [-0.39, 0.29) is 5.91 Å². The first kappa shape index (κ1) is 13.6. The predicted octanol–water partition coefficient (Wildman–Crippen LogP) is 0.706. The van der Waals surface area contributed by atoms with Crippen molar-refractivity contribution >= 4 is 11.6 Å². The number of piperazine rings is 1. The molecule has 0 aliphatic carbocycles. The molecule has 21 heavy (non-hydrogen) atoms. The maximum Gasteiger partial charge on any atom is 0.227 e. The van der Waals surface area contributed by atoms with E-state index in [0.29, 0.717) is 6.42 Å². The molecule has 1 aliphatic heterocycles. The van der Waals surface area contributed by atoms with Gasteiger partial charge in [-0.15, -0.1) is 0 Å². The van der Waals surface area contributed by atoms with E-state index in [0.717, 1.165) is 37.4 Å². The van der Waals surface area contributed by atoms with E-state index in [1.54, 1.807) is 17.1 Å². The first-order chi connectivity index (χ1) is 10.2. The Labute approximate surface area is 124 Å². The molecule has 1 fully saturated rings. The smallest absolute Gasteiger partial charge is 0.227 e. The maximum atomic E-state index is 12.3. The van der Waals surface area contributed by atoms with E-state index in [1.807, 2.05) is 36.5 Å². The number of carbonyl (C=O) groups excluding carboxylic acids is 1. The molecular weight excluding hydrogens is 266 g/mol. The Morgan fingerprint density at radius 1 is 1.24 bits per heavy atom. The summed E-state index contributed by atoms with van der Waals surface area (Å²) in [4.78, 5) is 20.5. The Morgan fingerprint density at radius 3 is 2.67 bits per heavy atom. The summed E-state index contributed by atoms with van der Waals surface area (Å²) in [5, 5.41) is 4.19. The van der Waals surface area contributed by atoms with E-state index in [2.05, 4.69) is 15.0 Å². The summed E-state index contributed by atoms with van der Waals surface area (Å²) < 4.78 is 1.80. The van der Waals surface area contributed by atoms with E-state index >= 15 is 0 Å². The molecule has 0 saturated carbocycles. The second-order valence-electron chi connectivity index (χ2n) is 5.28. The van der Waals surface area contributed by atoms with Crippen LogP contribution in [0, 0.1) is 0 Å². The Kier molecular flexibility index (Phi) is 3.85. The van der Waals surface area contributed by atoms with Gasteiger partial charge in [-0.25, -0.2) is 0 Å². The number of anilines is 1. The third-order valence-corrected chi connectivity index (χ3v) is 3.77. The lowest BCUT2D eigenvalue weighted by Gasteiger charge is -2.35. The molecule has 0 bridgehead atoms. The average Bonchev–Trinajstić information content (AvgIpc) is 2.95. The molecule has 0 atom stereocenters. The molecule has 2 aromatic rings. The molecule has 1 saturated heterocycles. The molecule has 0 spiro atoms. The quantitative estimate of drug-likeness (QED) is 0.833. The first-order valence-electron chi connectivity index (χ1n) is 7.12. The first-order valence-corrected chi connectivity index (χ1v) is 7.12. The van der Waals surface area contributed by atoms with Crippen molar-refractivity contribution in [1.29, 1.82) is 0 Å². The van der Waals surface area contributed by atoms with Crippen LogP contribution in [-0.2, 0) is 18.3 Å². The number of aryl methyl sites for hydroxylation is 1. The molecule has 1 amide bonds. The molecule has 6 heteroatoms. The minimum atomic E-state index is 0.175. The molecule has 2 aromatic heterocycles. The zero-order valence-electron chi connectivity index (χ0n) is 12.1. The summed E-state index contributed by atoms with van der Waals surface area (Å²) in [6.07, 6.45) is 7.78. The van der Waals surface area contributed by atoms with Gasteiger partial charge in [0.1, 0.15) is 0 Å². The number of pyridine rings is 1. The SMILES string of the molecule is Cn1cc(N2CCN(C(=O)Cc3cccnc3)CC2)cn1. The molecule has 0 N–H and O–H groups in total. The van der Waals surface area contributed by atoms with Crippen molar-refractivity contribution in [2.75, 3.05) is 31.1 Å². The summed E-state index contributed by atoms with van der Waals surface area (Å²) in [6, 6.07) is 3.81. The average molecular weight is 285 g/mol. The normalized spacial score (nSPS) is 15.3. The topological polar surface area (TPSA) is 54.3 Å². The minimum absolute atomic E-state index is 0.175. The van der Waals surface area contributed by atoms with Crippen molar-refractivity contribution in [2.24, 2.45) is 7.05 Å². The monoisotopic (exact) mass is 285 g/mol. The van der Waals surface area contributed by atoms with Gasteiger partial charge in [0.25, 0.3) is 0 Å². The van der Waals surface area contributed by atoms with Gasteiger partial charge in [-0.3, -0.25) is 14.5 Å². The van der Waals surface area contributed by atoms with Gasteiger partial charge in [0.15, 0.2) is 0 Å². The molecule has 0 aromatic carbocycles. The van der Waals surface area contributed by atoms with Crippen molar-refractivity contribution in [3.05, 3.63) is 42.5 Å². The summed E-state index contributed by atoms with van der Waals surface area (Å²) in [5.41, 5.74) is 2.09.